The molecule has 7 heteroatoms. The second-order valence-corrected chi connectivity index (χ2v) is 5.81. The lowest BCUT2D eigenvalue weighted by molar-refractivity contribution is -0.114. The molecule has 1 aliphatic rings. The van der Waals surface area contributed by atoms with Crippen LogP contribution in [0.1, 0.15) is 41.9 Å². The number of nitrogens with one attached hydrogen (secondary N) is 3. The third kappa shape index (κ3) is 3.80. The van der Waals surface area contributed by atoms with Gasteiger partial charge in [-0.25, -0.2) is 4.98 Å². The molecule has 3 N–H and O–H groups in total. The number of piperidine rings is 1. The summed E-state index contributed by atoms with van der Waals surface area (Å²) in [5.74, 6) is 0.382. The van der Waals surface area contributed by atoms with Gasteiger partial charge in [0.2, 0.25) is 5.91 Å². The van der Waals surface area contributed by atoms with Crippen LogP contribution in [0.5, 0.6) is 0 Å². The van der Waals surface area contributed by atoms with E-state index in [0.717, 1.165) is 25.9 Å². The first-order valence-corrected chi connectivity index (χ1v) is 7.96. The molecule has 0 aliphatic carbocycles. The first-order chi connectivity index (χ1) is 11.6. The molecule has 2 aromatic rings. The first-order valence-electron chi connectivity index (χ1n) is 7.96. The molecule has 1 saturated heterocycles. The fourth-order valence-corrected chi connectivity index (χ4v) is 2.87. The van der Waals surface area contributed by atoms with Crippen molar-refractivity contribution in [3.8, 4) is 0 Å². The second-order valence-electron chi connectivity index (χ2n) is 5.81. The van der Waals surface area contributed by atoms with Crippen molar-refractivity contribution in [1.82, 2.24) is 10.3 Å². The van der Waals surface area contributed by atoms with Crippen LogP contribution in [0.4, 0.5) is 11.4 Å². The maximum Gasteiger partial charge on any atom is 0.277 e. The standard InChI is InChI=1S/C17H20N4O3/c1-11(22)20-13-3-2-4-14(9-13)21-17(23)15-16(24-10-19-15)12-5-7-18-8-6-12/h2-4,9-10,12,18H,5-8H2,1H3,(H,20,22)(H,21,23). The zero-order chi connectivity index (χ0) is 16.9. The van der Waals surface area contributed by atoms with E-state index in [2.05, 4.69) is 20.9 Å². The molecule has 0 unspecified atom stereocenters. The average Bonchev–Trinajstić information content (AvgIpc) is 3.05. The van der Waals surface area contributed by atoms with Crippen LogP contribution in [0.2, 0.25) is 0 Å². The molecule has 2 amide bonds. The number of anilines is 2. The Bertz CT molecular complexity index is 735. The zero-order valence-electron chi connectivity index (χ0n) is 13.5. The summed E-state index contributed by atoms with van der Waals surface area (Å²) in [6, 6.07) is 6.97. The molecular weight excluding hydrogens is 308 g/mol. The number of benzene rings is 1. The number of aromatic nitrogens is 1. The van der Waals surface area contributed by atoms with Crippen molar-refractivity contribution in [3.05, 3.63) is 42.1 Å². The Balaban J connectivity index is 1.74. The number of nitrogens with zero attached hydrogens (tertiary/aromatic N) is 1. The van der Waals surface area contributed by atoms with E-state index in [-0.39, 0.29) is 17.7 Å². The molecule has 1 fully saturated rings. The number of hydrogen-bond donors (Lipinski definition) is 3. The Morgan fingerprint density at radius 2 is 1.92 bits per heavy atom. The predicted molar refractivity (Wildman–Crippen MR) is 90.0 cm³/mol. The van der Waals surface area contributed by atoms with Gasteiger partial charge in [0, 0.05) is 24.2 Å². The minimum absolute atomic E-state index is 0.164. The Morgan fingerprint density at radius 1 is 1.21 bits per heavy atom. The minimum Gasteiger partial charge on any atom is -0.447 e. The number of amides is 2. The monoisotopic (exact) mass is 328 g/mol. The summed E-state index contributed by atoms with van der Waals surface area (Å²) in [6.45, 7) is 3.25. The molecule has 1 aliphatic heterocycles. The molecule has 3 rings (SSSR count). The van der Waals surface area contributed by atoms with Crippen LogP contribution < -0.4 is 16.0 Å². The van der Waals surface area contributed by atoms with Gasteiger partial charge in [0.1, 0.15) is 5.76 Å². The van der Waals surface area contributed by atoms with Crippen LogP contribution in [0.15, 0.2) is 35.1 Å². The van der Waals surface area contributed by atoms with Gasteiger partial charge in [-0.1, -0.05) is 6.07 Å². The van der Waals surface area contributed by atoms with Gasteiger partial charge >= 0.3 is 0 Å². The number of hydrogen-bond acceptors (Lipinski definition) is 5. The smallest absolute Gasteiger partial charge is 0.277 e. The summed E-state index contributed by atoms with van der Waals surface area (Å²) in [6.07, 6.45) is 3.17. The van der Waals surface area contributed by atoms with E-state index in [1.807, 2.05) is 0 Å². The number of carbonyl (C=O) groups excluding carboxylic acids is 2. The molecule has 126 valence electrons. The van der Waals surface area contributed by atoms with Gasteiger partial charge in [0.05, 0.1) is 0 Å². The highest BCUT2D eigenvalue weighted by atomic mass is 16.3. The van der Waals surface area contributed by atoms with Gasteiger partial charge in [-0.3, -0.25) is 9.59 Å². The lowest BCUT2D eigenvalue weighted by Gasteiger charge is -2.21. The van der Waals surface area contributed by atoms with E-state index in [0.29, 0.717) is 22.8 Å². The van der Waals surface area contributed by atoms with Gasteiger partial charge in [0.25, 0.3) is 5.91 Å². The maximum absolute atomic E-state index is 12.5. The van der Waals surface area contributed by atoms with Crippen molar-refractivity contribution in [2.45, 2.75) is 25.7 Å². The molecule has 2 heterocycles. The SMILES string of the molecule is CC(=O)Nc1cccc(NC(=O)c2ncoc2C2CCNCC2)c1. The quantitative estimate of drug-likeness (QED) is 0.800. The summed E-state index contributed by atoms with van der Waals surface area (Å²) < 4.78 is 5.48. The molecule has 24 heavy (non-hydrogen) atoms. The number of rotatable bonds is 4. The van der Waals surface area contributed by atoms with Crippen LogP contribution in [-0.4, -0.2) is 29.9 Å². The lowest BCUT2D eigenvalue weighted by Crippen LogP contribution is -2.27. The Morgan fingerprint density at radius 3 is 2.62 bits per heavy atom. The summed E-state index contributed by atoms with van der Waals surface area (Å²) in [5, 5.41) is 8.78. The van der Waals surface area contributed by atoms with Gasteiger partial charge in [-0.15, -0.1) is 0 Å². The normalized spacial score (nSPS) is 15.0. The summed E-state index contributed by atoms with van der Waals surface area (Å²) in [7, 11) is 0. The van der Waals surface area contributed by atoms with Crippen molar-refractivity contribution < 1.29 is 14.0 Å². The first kappa shape index (κ1) is 16.2. The molecule has 0 atom stereocenters. The highest BCUT2D eigenvalue weighted by Gasteiger charge is 2.26. The summed E-state index contributed by atoms with van der Waals surface area (Å²) in [5.41, 5.74) is 1.54. The predicted octanol–water partition coefficient (Wildman–Crippen LogP) is 2.35. The van der Waals surface area contributed by atoms with Crippen molar-refractivity contribution in [2.75, 3.05) is 23.7 Å². The summed E-state index contributed by atoms with van der Waals surface area (Å²) >= 11 is 0. The molecule has 1 aromatic carbocycles. The van der Waals surface area contributed by atoms with Gasteiger partial charge in [0.15, 0.2) is 12.1 Å². The van der Waals surface area contributed by atoms with Crippen molar-refractivity contribution in [3.63, 3.8) is 0 Å². The molecule has 0 saturated carbocycles. The van der Waals surface area contributed by atoms with E-state index in [9.17, 15) is 9.59 Å². The van der Waals surface area contributed by atoms with Crippen LogP contribution in [-0.2, 0) is 4.79 Å². The minimum atomic E-state index is -0.308. The van der Waals surface area contributed by atoms with E-state index in [4.69, 9.17) is 4.42 Å². The van der Waals surface area contributed by atoms with Gasteiger partial charge < -0.3 is 20.4 Å². The molecule has 0 spiro atoms. The van der Waals surface area contributed by atoms with Crippen LogP contribution in [0.25, 0.3) is 0 Å². The van der Waals surface area contributed by atoms with Crippen LogP contribution in [0, 0.1) is 0 Å². The molecular formula is C17H20N4O3. The Labute approximate surface area is 139 Å². The Kier molecular flexibility index (Phi) is 4.90. The molecule has 1 aromatic heterocycles. The number of oxazole rings is 1. The van der Waals surface area contributed by atoms with Crippen LogP contribution >= 0.6 is 0 Å². The average molecular weight is 328 g/mol. The molecule has 7 nitrogen and oxygen atoms in total. The van der Waals surface area contributed by atoms with E-state index >= 15 is 0 Å². The summed E-state index contributed by atoms with van der Waals surface area (Å²) in [4.78, 5) is 27.8. The zero-order valence-corrected chi connectivity index (χ0v) is 13.5. The van der Waals surface area contributed by atoms with E-state index in [1.54, 1.807) is 24.3 Å². The highest BCUT2D eigenvalue weighted by Crippen LogP contribution is 2.28. The number of carbonyl (C=O) groups is 2. The second kappa shape index (κ2) is 7.27. The topological polar surface area (TPSA) is 96.3 Å². The van der Waals surface area contributed by atoms with Crippen molar-refractivity contribution >= 4 is 23.2 Å². The van der Waals surface area contributed by atoms with Crippen molar-refractivity contribution in [1.29, 1.82) is 0 Å². The highest BCUT2D eigenvalue weighted by molar-refractivity contribution is 6.04. The van der Waals surface area contributed by atoms with E-state index in [1.165, 1.54) is 13.3 Å². The fourth-order valence-electron chi connectivity index (χ4n) is 2.87. The van der Waals surface area contributed by atoms with Crippen LogP contribution in [0.3, 0.4) is 0 Å². The largest absolute Gasteiger partial charge is 0.447 e. The van der Waals surface area contributed by atoms with Gasteiger partial charge in [-0.05, 0) is 44.1 Å². The third-order valence-corrected chi connectivity index (χ3v) is 3.96. The lowest BCUT2D eigenvalue weighted by atomic mass is 9.94. The third-order valence-electron chi connectivity index (χ3n) is 3.96. The van der Waals surface area contributed by atoms with Gasteiger partial charge in [-0.2, -0.15) is 0 Å². The Hall–Kier alpha value is -2.67. The van der Waals surface area contributed by atoms with Crippen molar-refractivity contribution in [2.24, 2.45) is 0 Å². The maximum atomic E-state index is 12.5. The molecule has 0 radical (unpaired) electrons. The fraction of sp³-hybridized carbons (Fsp3) is 0.353. The molecule has 0 bridgehead atoms. The van der Waals surface area contributed by atoms with E-state index < -0.39 is 0 Å².